The summed E-state index contributed by atoms with van der Waals surface area (Å²) in [6.07, 6.45) is 0. The summed E-state index contributed by atoms with van der Waals surface area (Å²) in [5, 5.41) is 2.14. The molecule has 5 heteroatoms. The lowest BCUT2D eigenvalue weighted by Gasteiger charge is -2.24. The van der Waals surface area contributed by atoms with Gasteiger partial charge in [-0.2, -0.15) is 0 Å². The third kappa shape index (κ3) is 2.63. The van der Waals surface area contributed by atoms with Crippen molar-refractivity contribution in [2.75, 3.05) is 7.05 Å². The van der Waals surface area contributed by atoms with Crippen LogP contribution in [0.15, 0.2) is 24.3 Å². The molecule has 0 saturated heterocycles. The predicted molar refractivity (Wildman–Crippen MR) is 99.8 cm³/mol. The molecule has 2 aromatic heterocycles. The molecule has 24 heavy (non-hydrogen) atoms. The molecule has 3 aromatic rings. The summed E-state index contributed by atoms with van der Waals surface area (Å²) < 4.78 is 2.00. The van der Waals surface area contributed by atoms with E-state index < -0.39 is 0 Å². The lowest BCUT2D eigenvalue weighted by molar-refractivity contribution is 0.0730. The van der Waals surface area contributed by atoms with Crippen LogP contribution in [0, 0.1) is 20.8 Å². The third-order valence-corrected chi connectivity index (χ3v) is 5.62. The van der Waals surface area contributed by atoms with Gasteiger partial charge in [-0.05, 0) is 39.3 Å². The summed E-state index contributed by atoms with van der Waals surface area (Å²) in [5.74, 6) is 0.0191. The summed E-state index contributed by atoms with van der Waals surface area (Å²) in [6, 6.07) is 8.08. The molecule has 0 radical (unpaired) electrons. The zero-order valence-electron chi connectivity index (χ0n) is 15.0. The first-order chi connectivity index (χ1) is 11.3. The standard InChI is InChI=1S/C19H23N3OS/c1-11-8-7-9-15-10-16(22(6)18(11)15)19(23)21(5)12(2)17-13(3)24-14(4)20-17/h7-10,12H,1-6H3/t12-/m1/s1. The van der Waals surface area contributed by atoms with Gasteiger partial charge in [0.1, 0.15) is 5.69 Å². The van der Waals surface area contributed by atoms with Crippen molar-refractivity contribution in [3.63, 3.8) is 0 Å². The second-order valence-electron chi connectivity index (χ2n) is 6.37. The maximum atomic E-state index is 13.1. The first-order valence-electron chi connectivity index (χ1n) is 8.07. The largest absolute Gasteiger partial charge is 0.339 e. The van der Waals surface area contributed by atoms with Gasteiger partial charge in [0.2, 0.25) is 0 Å². The van der Waals surface area contributed by atoms with Crippen LogP contribution in [0.1, 0.15) is 44.6 Å². The molecule has 126 valence electrons. The lowest BCUT2D eigenvalue weighted by atomic mass is 10.1. The van der Waals surface area contributed by atoms with Crippen molar-refractivity contribution >= 4 is 28.1 Å². The number of carbonyl (C=O) groups is 1. The number of amides is 1. The number of hydrogen-bond donors (Lipinski definition) is 0. The minimum atomic E-state index is -0.0541. The van der Waals surface area contributed by atoms with E-state index in [2.05, 4.69) is 31.0 Å². The number of nitrogens with zero attached hydrogens (tertiary/aromatic N) is 3. The molecule has 0 saturated carbocycles. The Morgan fingerprint density at radius 2 is 2.00 bits per heavy atom. The fourth-order valence-electron chi connectivity index (χ4n) is 3.30. The second-order valence-corrected chi connectivity index (χ2v) is 7.78. The van der Waals surface area contributed by atoms with Crippen LogP contribution in [0.3, 0.4) is 0 Å². The van der Waals surface area contributed by atoms with Gasteiger partial charge in [0.05, 0.1) is 22.3 Å². The highest BCUT2D eigenvalue weighted by Crippen LogP contribution is 2.28. The van der Waals surface area contributed by atoms with Crippen LogP contribution >= 0.6 is 11.3 Å². The van der Waals surface area contributed by atoms with Crippen molar-refractivity contribution in [1.82, 2.24) is 14.5 Å². The van der Waals surface area contributed by atoms with E-state index in [1.165, 1.54) is 10.4 Å². The number of rotatable bonds is 3. The zero-order valence-corrected chi connectivity index (χ0v) is 15.9. The van der Waals surface area contributed by atoms with Gasteiger partial charge in [0.25, 0.3) is 5.91 Å². The molecule has 1 amide bonds. The SMILES string of the molecule is Cc1nc([C@@H](C)N(C)C(=O)c2cc3cccc(C)c3n2C)c(C)s1. The monoisotopic (exact) mass is 341 g/mol. The normalized spacial score (nSPS) is 12.6. The maximum Gasteiger partial charge on any atom is 0.270 e. The molecule has 2 heterocycles. The first kappa shape index (κ1) is 16.7. The van der Waals surface area contributed by atoms with E-state index in [4.69, 9.17) is 0 Å². The first-order valence-corrected chi connectivity index (χ1v) is 8.89. The Bertz CT molecular complexity index is 922. The fourth-order valence-corrected chi connectivity index (χ4v) is 4.21. The van der Waals surface area contributed by atoms with Crippen LogP contribution in [0.4, 0.5) is 0 Å². The van der Waals surface area contributed by atoms with Crippen LogP contribution in [0.5, 0.6) is 0 Å². The molecule has 0 N–H and O–H groups in total. The Balaban J connectivity index is 1.98. The number of benzene rings is 1. The Hall–Kier alpha value is -2.14. The molecule has 0 spiro atoms. The average Bonchev–Trinajstić information content (AvgIpc) is 3.05. The number of para-hydroxylation sites is 1. The number of hydrogen-bond acceptors (Lipinski definition) is 3. The molecule has 0 aliphatic rings. The predicted octanol–water partition coefficient (Wildman–Crippen LogP) is 4.39. The fraction of sp³-hybridized carbons (Fsp3) is 0.368. The van der Waals surface area contributed by atoms with Crippen LogP contribution in [0.25, 0.3) is 10.9 Å². The Morgan fingerprint density at radius 3 is 2.58 bits per heavy atom. The van der Waals surface area contributed by atoms with Gasteiger partial charge in [-0.3, -0.25) is 4.79 Å². The number of carbonyl (C=O) groups excluding carboxylic acids is 1. The molecule has 1 atom stereocenters. The van der Waals surface area contributed by atoms with E-state index in [9.17, 15) is 4.79 Å². The maximum absolute atomic E-state index is 13.1. The van der Waals surface area contributed by atoms with Crippen molar-refractivity contribution in [2.45, 2.75) is 33.7 Å². The molecular formula is C19H23N3OS. The Kier molecular flexibility index (Phi) is 4.22. The van der Waals surface area contributed by atoms with Gasteiger partial charge in [0.15, 0.2) is 0 Å². The van der Waals surface area contributed by atoms with Crippen molar-refractivity contribution in [1.29, 1.82) is 0 Å². The molecule has 4 nitrogen and oxygen atoms in total. The van der Waals surface area contributed by atoms with E-state index >= 15 is 0 Å². The van der Waals surface area contributed by atoms with Gasteiger partial charge in [-0.15, -0.1) is 11.3 Å². The van der Waals surface area contributed by atoms with Crippen LogP contribution in [-0.4, -0.2) is 27.4 Å². The number of aryl methyl sites for hydroxylation is 4. The summed E-state index contributed by atoms with van der Waals surface area (Å²) in [7, 11) is 3.81. The summed E-state index contributed by atoms with van der Waals surface area (Å²) >= 11 is 1.68. The molecular weight excluding hydrogens is 318 g/mol. The molecule has 1 aromatic carbocycles. The highest BCUT2D eigenvalue weighted by atomic mass is 32.1. The molecule has 0 bridgehead atoms. The number of aromatic nitrogens is 2. The van der Waals surface area contributed by atoms with Crippen LogP contribution < -0.4 is 0 Å². The minimum absolute atomic E-state index is 0.0191. The van der Waals surface area contributed by atoms with E-state index in [0.29, 0.717) is 5.69 Å². The van der Waals surface area contributed by atoms with Crippen molar-refractivity contribution in [3.8, 4) is 0 Å². The van der Waals surface area contributed by atoms with Crippen LogP contribution in [0.2, 0.25) is 0 Å². The zero-order chi connectivity index (χ0) is 17.6. The number of thiazole rings is 1. The van der Waals surface area contributed by atoms with E-state index in [1.54, 1.807) is 16.2 Å². The summed E-state index contributed by atoms with van der Waals surface area (Å²) in [5.41, 5.74) is 3.99. The number of fused-ring (bicyclic) bond motifs is 1. The molecule has 3 rings (SSSR count). The molecule has 0 aliphatic heterocycles. The van der Waals surface area contributed by atoms with Gasteiger partial charge in [0, 0.05) is 24.4 Å². The molecule has 0 unspecified atom stereocenters. The van der Waals surface area contributed by atoms with Crippen molar-refractivity contribution in [2.24, 2.45) is 7.05 Å². The Labute approximate surface area is 146 Å². The Morgan fingerprint density at radius 1 is 1.29 bits per heavy atom. The van der Waals surface area contributed by atoms with Gasteiger partial charge >= 0.3 is 0 Å². The highest BCUT2D eigenvalue weighted by Gasteiger charge is 2.25. The topological polar surface area (TPSA) is 38.1 Å². The van der Waals surface area contributed by atoms with Gasteiger partial charge in [-0.25, -0.2) is 4.98 Å². The lowest BCUT2D eigenvalue weighted by Crippen LogP contribution is -2.31. The average molecular weight is 341 g/mol. The van der Waals surface area contributed by atoms with E-state index in [1.807, 2.05) is 44.6 Å². The smallest absolute Gasteiger partial charge is 0.270 e. The van der Waals surface area contributed by atoms with Crippen molar-refractivity contribution in [3.05, 3.63) is 51.1 Å². The van der Waals surface area contributed by atoms with Crippen molar-refractivity contribution < 1.29 is 4.79 Å². The van der Waals surface area contributed by atoms with Gasteiger partial charge in [-0.1, -0.05) is 18.2 Å². The summed E-state index contributed by atoms with van der Waals surface area (Å²) in [6.45, 7) is 8.18. The van der Waals surface area contributed by atoms with E-state index in [-0.39, 0.29) is 11.9 Å². The third-order valence-electron chi connectivity index (χ3n) is 4.71. The second kappa shape index (κ2) is 6.06. The minimum Gasteiger partial charge on any atom is -0.339 e. The van der Waals surface area contributed by atoms with Crippen LogP contribution in [-0.2, 0) is 7.05 Å². The summed E-state index contributed by atoms with van der Waals surface area (Å²) in [4.78, 5) is 20.6. The molecule has 0 aliphatic carbocycles. The quantitative estimate of drug-likeness (QED) is 0.708. The van der Waals surface area contributed by atoms with E-state index in [0.717, 1.165) is 21.6 Å². The highest BCUT2D eigenvalue weighted by molar-refractivity contribution is 7.11. The van der Waals surface area contributed by atoms with Gasteiger partial charge < -0.3 is 9.47 Å². The molecule has 0 fully saturated rings.